The Hall–Kier alpha value is -2.83. The summed E-state index contributed by atoms with van der Waals surface area (Å²) < 4.78 is 0. The van der Waals surface area contributed by atoms with Gasteiger partial charge in [0.1, 0.15) is 29.3 Å². The van der Waals surface area contributed by atoms with Gasteiger partial charge < -0.3 is 0 Å². The maximum absolute atomic E-state index is 4.90. The van der Waals surface area contributed by atoms with E-state index in [1.807, 2.05) is 20.0 Å². The summed E-state index contributed by atoms with van der Waals surface area (Å²) in [5.41, 5.74) is 3.05. The molecule has 3 aromatic carbocycles. The molecule has 138 valence electrons. The van der Waals surface area contributed by atoms with Crippen LogP contribution >= 0.6 is 7.26 Å². The molecule has 3 heteroatoms. The molecule has 0 radical (unpaired) electrons. The lowest BCUT2D eigenvalue weighted by atomic mass is 10.3. The third-order valence-electron chi connectivity index (χ3n) is 5.23. The summed E-state index contributed by atoms with van der Waals surface area (Å²) >= 11 is 0. The summed E-state index contributed by atoms with van der Waals surface area (Å²) in [6.07, 6.45) is 2.81. The molecular weight excluding hydrogens is 359 g/mol. The number of aryl methyl sites for hydroxylation is 2. The van der Waals surface area contributed by atoms with Crippen LogP contribution in [0.25, 0.3) is 0 Å². The van der Waals surface area contributed by atoms with Crippen molar-refractivity contribution >= 4 is 23.2 Å². The third kappa shape index (κ3) is 3.48. The second kappa shape index (κ2) is 8.04. The van der Waals surface area contributed by atoms with Crippen LogP contribution in [0.2, 0.25) is 0 Å². The van der Waals surface area contributed by atoms with Gasteiger partial charge in [0.15, 0.2) is 0 Å². The fourth-order valence-electron chi connectivity index (χ4n) is 3.68. The molecule has 0 aliphatic carbocycles. The SMILES string of the molecule is Cc1ncc(C[P+](c2ccccc2)(c2ccccc2)c2ccccc2)nc1C. The zero-order chi connectivity index (χ0) is 19.4. The molecule has 0 fully saturated rings. The second-order valence-electron chi connectivity index (χ2n) is 7.01. The normalized spacial score (nSPS) is 11.4. The Morgan fingerprint density at radius 3 is 1.43 bits per heavy atom. The van der Waals surface area contributed by atoms with E-state index >= 15 is 0 Å². The molecule has 0 bridgehead atoms. The van der Waals surface area contributed by atoms with Crippen LogP contribution in [0, 0.1) is 13.8 Å². The first-order valence-corrected chi connectivity index (χ1v) is 11.5. The van der Waals surface area contributed by atoms with Crippen molar-refractivity contribution in [3.05, 3.63) is 114 Å². The molecule has 2 nitrogen and oxygen atoms in total. The zero-order valence-corrected chi connectivity index (χ0v) is 17.2. The largest absolute Gasteiger partial charge is 0.258 e. The van der Waals surface area contributed by atoms with Gasteiger partial charge in [-0.15, -0.1) is 0 Å². The lowest BCUT2D eigenvalue weighted by Crippen LogP contribution is -2.32. The van der Waals surface area contributed by atoms with Crippen LogP contribution in [0.5, 0.6) is 0 Å². The molecule has 0 unspecified atom stereocenters. The van der Waals surface area contributed by atoms with Gasteiger partial charge in [0.25, 0.3) is 0 Å². The van der Waals surface area contributed by atoms with E-state index in [-0.39, 0.29) is 0 Å². The molecule has 0 spiro atoms. The van der Waals surface area contributed by atoms with Crippen LogP contribution in [-0.4, -0.2) is 9.97 Å². The van der Waals surface area contributed by atoms with E-state index in [0.29, 0.717) is 0 Å². The standard InChI is InChI=1S/C25H24N2P/c1-20-21(2)27-22(18-26-20)19-28(23-12-6-3-7-13-23,24-14-8-4-9-15-24)25-16-10-5-11-17-25/h3-18H,19H2,1-2H3/q+1. The minimum Gasteiger partial charge on any atom is -0.258 e. The van der Waals surface area contributed by atoms with Crippen molar-refractivity contribution in [2.75, 3.05) is 0 Å². The molecule has 4 rings (SSSR count). The summed E-state index contributed by atoms with van der Waals surface area (Å²) in [6.45, 7) is 4.06. The van der Waals surface area contributed by atoms with Crippen molar-refractivity contribution < 1.29 is 0 Å². The second-order valence-corrected chi connectivity index (χ2v) is 10.5. The highest BCUT2D eigenvalue weighted by molar-refractivity contribution is 7.95. The number of hydrogen-bond acceptors (Lipinski definition) is 2. The molecule has 0 saturated carbocycles. The summed E-state index contributed by atoms with van der Waals surface area (Å²) in [5.74, 6) is 0. The van der Waals surface area contributed by atoms with Crippen LogP contribution < -0.4 is 15.9 Å². The molecule has 0 N–H and O–H groups in total. The van der Waals surface area contributed by atoms with Gasteiger partial charge in [0.05, 0.1) is 23.3 Å². The lowest BCUT2D eigenvalue weighted by molar-refractivity contribution is 0.991. The van der Waals surface area contributed by atoms with Crippen molar-refractivity contribution in [3.63, 3.8) is 0 Å². The van der Waals surface area contributed by atoms with E-state index in [2.05, 4.69) is 96.0 Å². The minimum absolute atomic E-state index is 0.860. The van der Waals surface area contributed by atoms with Crippen LogP contribution in [0.4, 0.5) is 0 Å². The van der Waals surface area contributed by atoms with Crippen molar-refractivity contribution in [1.29, 1.82) is 0 Å². The zero-order valence-electron chi connectivity index (χ0n) is 16.3. The Balaban J connectivity index is 1.99. The molecule has 0 saturated heterocycles. The molecule has 1 aromatic heterocycles. The maximum atomic E-state index is 4.90. The van der Waals surface area contributed by atoms with Gasteiger partial charge in [0.2, 0.25) is 0 Å². The summed E-state index contributed by atoms with van der Waals surface area (Å²) in [5, 5.41) is 4.10. The minimum atomic E-state index is -1.91. The van der Waals surface area contributed by atoms with Gasteiger partial charge in [-0.2, -0.15) is 0 Å². The van der Waals surface area contributed by atoms with Crippen molar-refractivity contribution in [3.8, 4) is 0 Å². The van der Waals surface area contributed by atoms with E-state index in [9.17, 15) is 0 Å². The molecule has 0 aliphatic rings. The van der Waals surface area contributed by atoms with Crippen LogP contribution in [0.15, 0.2) is 97.2 Å². The quantitative estimate of drug-likeness (QED) is 0.471. The van der Waals surface area contributed by atoms with Gasteiger partial charge in [0, 0.05) is 0 Å². The van der Waals surface area contributed by atoms with E-state index in [4.69, 9.17) is 4.98 Å². The van der Waals surface area contributed by atoms with Crippen LogP contribution in [0.1, 0.15) is 17.1 Å². The maximum Gasteiger partial charge on any atom is 0.118 e. The number of aromatic nitrogens is 2. The van der Waals surface area contributed by atoms with Crippen molar-refractivity contribution in [1.82, 2.24) is 9.97 Å². The Morgan fingerprint density at radius 1 is 0.607 bits per heavy atom. The van der Waals surface area contributed by atoms with Crippen LogP contribution in [0.3, 0.4) is 0 Å². The van der Waals surface area contributed by atoms with E-state index in [1.54, 1.807) is 0 Å². The first-order chi connectivity index (χ1) is 13.7. The number of rotatable bonds is 5. The number of hydrogen-bond donors (Lipinski definition) is 0. The molecule has 0 amide bonds. The third-order valence-corrected chi connectivity index (χ3v) is 9.57. The predicted octanol–water partition coefficient (Wildman–Crippen LogP) is 4.59. The van der Waals surface area contributed by atoms with E-state index in [0.717, 1.165) is 23.2 Å². The predicted molar refractivity (Wildman–Crippen MR) is 120 cm³/mol. The Labute approximate surface area is 167 Å². The topological polar surface area (TPSA) is 25.8 Å². The highest BCUT2D eigenvalue weighted by Crippen LogP contribution is 2.57. The summed E-state index contributed by atoms with van der Waals surface area (Å²) in [6, 6.07) is 32.7. The van der Waals surface area contributed by atoms with Gasteiger partial charge in [-0.3, -0.25) is 9.97 Å². The Bertz CT molecular complexity index is 951. The van der Waals surface area contributed by atoms with Gasteiger partial charge in [-0.25, -0.2) is 0 Å². The average molecular weight is 383 g/mol. The smallest absolute Gasteiger partial charge is 0.118 e. The molecule has 28 heavy (non-hydrogen) atoms. The highest BCUT2D eigenvalue weighted by atomic mass is 31.2. The molecule has 0 atom stereocenters. The first kappa shape index (κ1) is 18.5. The molecule has 1 heterocycles. The number of benzene rings is 3. The Kier molecular flexibility index (Phi) is 5.32. The fourth-order valence-corrected chi connectivity index (χ4v) is 7.80. The van der Waals surface area contributed by atoms with Gasteiger partial charge in [-0.05, 0) is 50.2 Å². The molecule has 4 aromatic rings. The van der Waals surface area contributed by atoms with E-state index in [1.165, 1.54) is 15.9 Å². The van der Waals surface area contributed by atoms with E-state index < -0.39 is 7.26 Å². The first-order valence-electron chi connectivity index (χ1n) is 9.54. The van der Waals surface area contributed by atoms with Crippen molar-refractivity contribution in [2.45, 2.75) is 20.0 Å². The highest BCUT2D eigenvalue weighted by Gasteiger charge is 2.45. The monoisotopic (exact) mass is 383 g/mol. The Morgan fingerprint density at radius 2 is 1.04 bits per heavy atom. The lowest BCUT2D eigenvalue weighted by Gasteiger charge is -2.27. The average Bonchev–Trinajstić information content (AvgIpc) is 2.76. The number of nitrogens with zero attached hydrogens (tertiary/aromatic N) is 2. The summed E-state index contributed by atoms with van der Waals surface area (Å²) in [7, 11) is -1.91. The summed E-state index contributed by atoms with van der Waals surface area (Å²) in [4.78, 5) is 9.50. The van der Waals surface area contributed by atoms with Crippen LogP contribution in [-0.2, 0) is 6.16 Å². The fraction of sp³-hybridized carbons (Fsp3) is 0.120. The van der Waals surface area contributed by atoms with Gasteiger partial charge >= 0.3 is 0 Å². The molecule has 0 aliphatic heterocycles. The van der Waals surface area contributed by atoms with Crippen molar-refractivity contribution in [2.24, 2.45) is 0 Å². The van der Waals surface area contributed by atoms with Gasteiger partial charge in [-0.1, -0.05) is 54.6 Å². The molecular formula is C25H24N2P+.